The fourth-order valence-corrected chi connectivity index (χ4v) is 0.307. The molecule has 0 aliphatic heterocycles. The molecule has 1 rings (SSSR count). The third-order valence-corrected chi connectivity index (χ3v) is 0.576. The molecule has 0 bridgehead atoms. The number of nitrogens with zero attached hydrogens (tertiary/aromatic N) is 1. The fraction of sp³-hybridized carbons (Fsp3) is 0. The Balaban J connectivity index is 3.28. The van der Waals surface area contributed by atoms with Crippen LogP contribution in [0.4, 0.5) is 0 Å². The molecule has 0 atom stereocenters. The van der Waals surface area contributed by atoms with Crippen LogP contribution in [0.15, 0.2) is 18.3 Å². The molecule has 0 saturated carbocycles. The molecule has 35 valence electrons. The molecule has 0 fully saturated rings. The van der Waals surface area contributed by atoms with Gasteiger partial charge in [-0.15, -0.1) is 5.10 Å². The number of nitrogens with one attached hydrogen (secondary N) is 1. The van der Waals surface area contributed by atoms with Crippen LogP contribution in [0.25, 0.3) is 0 Å². The molecule has 0 spiro atoms. The van der Waals surface area contributed by atoms with Gasteiger partial charge >= 0.3 is 6.20 Å². The molecule has 0 unspecified atom stereocenters. The van der Waals surface area contributed by atoms with Gasteiger partial charge in [0.05, 0.1) is 11.1 Å². The molecule has 7 heavy (non-hydrogen) atoms. The maximum absolute atomic E-state index is 10.1. The standard InChI is InChI=1S/C4H4N2O/c7-6-4-2-1-3-5-6/h1-3H,(H,5,7)/q+1. The first kappa shape index (κ1) is 4.05. The average molecular weight is 96.1 g/mol. The van der Waals surface area contributed by atoms with Gasteiger partial charge in [0.15, 0.2) is 4.54 Å². The lowest BCUT2D eigenvalue weighted by molar-refractivity contribution is -0.568. The highest BCUT2D eigenvalue weighted by molar-refractivity contribution is 4.74. The summed E-state index contributed by atoms with van der Waals surface area (Å²) in [7, 11) is 0. The van der Waals surface area contributed by atoms with E-state index in [1.54, 1.807) is 6.07 Å². The van der Waals surface area contributed by atoms with Gasteiger partial charge in [-0.1, -0.05) is 0 Å². The number of rotatable bonds is 0. The molecular weight excluding hydrogens is 92.1 g/mol. The molecule has 0 amide bonds. The van der Waals surface area contributed by atoms with Crippen molar-refractivity contribution in [1.82, 2.24) is 5.10 Å². The van der Waals surface area contributed by atoms with E-state index >= 15 is 0 Å². The van der Waals surface area contributed by atoms with E-state index in [9.17, 15) is 4.91 Å². The summed E-state index contributed by atoms with van der Waals surface area (Å²) in [5.74, 6) is 0. The van der Waals surface area contributed by atoms with Crippen molar-refractivity contribution in [3.63, 3.8) is 0 Å². The van der Waals surface area contributed by atoms with Gasteiger partial charge in [0, 0.05) is 6.07 Å². The van der Waals surface area contributed by atoms with Crippen molar-refractivity contribution >= 4 is 0 Å². The van der Waals surface area contributed by atoms with Gasteiger partial charge in [0.25, 0.3) is 0 Å². The summed E-state index contributed by atoms with van der Waals surface area (Å²) < 4.78 is 0.500. The van der Waals surface area contributed by atoms with E-state index in [1.165, 1.54) is 12.3 Å². The topological polar surface area (TPSA) is 38.8 Å². The molecule has 0 aliphatic rings. The number of H-pyrrole nitrogens is 1. The van der Waals surface area contributed by atoms with Crippen LogP contribution < -0.4 is 4.54 Å². The summed E-state index contributed by atoms with van der Waals surface area (Å²) in [6, 6.07) is 3.22. The Morgan fingerprint density at radius 3 is 2.86 bits per heavy atom. The summed E-state index contributed by atoms with van der Waals surface area (Å²) in [4.78, 5) is 10.1. The van der Waals surface area contributed by atoms with Crippen LogP contribution in [0.2, 0.25) is 0 Å². The first-order valence-corrected chi connectivity index (χ1v) is 1.87. The SMILES string of the molecule is O=[n+]1[c]ccc[nH]1. The lowest BCUT2D eigenvalue weighted by atomic mass is 10.6. The highest BCUT2D eigenvalue weighted by Crippen LogP contribution is 1.63. The second-order valence-corrected chi connectivity index (χ2v) is 1.08. The minimum atomic E-state index is 0.500. The maximum Gasteiger partial charge on any atom is 0.370 e. The van der Waals surface area contributed by atoms with Gasteiger partial charge in [-0.2, -0.15) is 0 Å². The average Bonchev–Trinajstić information content (AvgIpc) is 1.69. The molecule has 1 heterocycles. The number of aromatic amines is 1. The van der Waals surface area contributed by atoms with Crippen molar-refractivity contribution in [2.45, 2.75) is 0 Å². The van der Waals surface area contributed by atoms with E-state index in [0.717, 1.165) is 0 Å². The van der Waals surface area contributed by atoms with Crippen molar-refractivity contribution < 1.29 is 4.54 Å². The summed E-state index contributed by atoms with van der Waals surface area (Å²) in [5.41, 5.74) is 0. The Bertz CT molecular complexity index is 175. The molecule has 0 aliphatic carbocycles. The maximum atomic E-state index is 10.1. The molecule has 1 N–H and O–H groups in total. The molecule has 1 radical (unpaired) electrons. The number of aromatic nitrogens is 2. The fourth-order valence-electron chi connectivity index (χ4n) is 0.307. The van der Waals surface area contributed by atoms with Crippen molar-refractivity contribution in [3.05, 3.63) is 29.4 Å². The van der Waals surface area contributed by atoms with Gasteiger partial charge in [0.2, 0.25) is 0 Å². The first-order valence-electron chi connectivity index (χ1n) is 1.87. The zero-order chi connectivity index (χ0) is 5.11. The highest BCUT2D eigenvalue weighted by Gasteiger charge is 1.81. The van der Waals surface area contributed by atoms with Gasteiger partial charge in [-0.25, -0.2) is 0 Å². The number of hydrogen-bond acceptors (Lipinski definition) is 1. The quantitative estimate of drug-likeness (QED) is 0.443. The van der Waals surface area contributed by atoms with Crippen molar-refractivity contribution in [1.29, 1.82) is 0 Å². The van der Waals surface area contributed by atoms with Gasteiger partial charge in [-0.3, -0.25) is 0 Å². The zero-order valence-electron chi connectivity index (χ0n) is 3.59. The summed E-state index contributed by atoms with van der Waals surface area (Å²) in [5, 5.41) is 2.34. The molecule has 0 aromatic carbocycles. The zero-order valence-corrected chi connectivity index (χ0v) is 3.59. The predicted molar refractivity (Wildman–Crippen MR) is 23.0 cm³/mol. The van der Waals surface area contributed by atoms with E-state index in [2.05, 4.69) is 11.3 Å². The number of hydrogen-bond donors (Lipinski definition) is 1. The Morgan fingerprint density at radius 1 is 1.71 bits per heavy atom. The molecular formula is C4H4N2O+. The highest BCUT2D eigenvalue weighted by atomic mass is 16.3. The van der Waals surface area contributed by atoms with E-state index in [4.69, 9.17) is 0 Å². The van der Waals surface area contributed by atoms with E-state index in [0.29, 0.717) is 4.54 Å². The Hall–Kier alpha value is -1.12. The van der Waals surface area contributed by atoms with Crippen LogP contribution in [-0.2, 0) is 0 Å². The molecule has 3 heteroatoms. The van der Waals surface area contributed by atoms with Crippen molar-refractivity contribution in [3.8, 4) is 0 Å². The van der Waals surface area contributed by atoms with E-state index in [-0.39, 0.29) is 0 Å². The smallest absolute Gasteiger partial charge is 0.121 e. The normalized spacial score (nSPS) is 8.57. The van der Waals surface area contributed by atoms with Crippen LogP contribution in [0.3, 0.4) is 0 Å². The third-order valence-electron chi connectivity index (χ3n) is 0.576. The minimum Gasteiger partial charge on any atom is -0.121 e. The predicted octanol–water partition coefficient (Wildman–Crippen LogP) is -0.271. The Labute approximate surface area is 40.2 Å². The first-order chi connectivity index (χ1) is 3.39. The Morgan fingerprint density at radius 2 is 2.57 bits per heavy atom. The molecule has 0 saturated heterocycles. The summed E-state index contributed by atoms with van der Waals surface area (Å²) >= 11 is 0. The third kappa shape index (κ3) is 0.855. The lowest BCUT2D eigenvalue weighted by Gasteiger charge is -1.62. The van der Waals surface area contributed by atoms with Gasteiger partial charge in [-0.05, 0) is 6.07 Å². The summed E-state index contributed by atoms with van der Waals surface area (Å²) in [6.45, 7) is 0. The van der Waals surface area contributed by atoms with Gasteiger partial charge in [0.1, 0.15) is 0 Å². The second kappa shape index (κ2) is 1.55. The van der Waals surface area contributed by atoms with Crippen LogP contribution in [-0.4, -0.2) is 5.10 Å². The molecule has 3 nitrogen and oxygen atoms in total. The molecule has 1 aromatic heterocycles. The Kier molecular flexibility index (Phi) is 0.898. The van der Waals surface area contributed by atoms with E-state index in [1.807, 2.05) is 0 Å². The minimum absolute atomic E-state index is 0.500. The van der Waals surface area contributed by atoms with Crippen molar-refractivity contribution in [2.75, 3.05) is 0 Å². The van der Waals surface area contributed by atoms with Crippen LogP contribution >= 0.6 is 0 Å². The van der Waals surface area contributed by atoms with E-state index < -0.39 is 0 Å². The van der Waals surface area contributed by atoms with Crippen LogP contribution in [0.1, 0.15) is 0 Å². The monoisotopic (exact) mass is 96.0 g/mol. The summed E-state index contributed by atoms with van der Waals surface area (Å²) in [6.07, 6.45) is 3.87. The lowest BCUT2D eigenvalue weighted by Crippen LogP contribution is -2.16. The largest absolute Gasteiger partial charge is 0.370 e. The van der Waals surface area contributed by atoms with Crippen LogP contribution in [0, 0.1) is 11.1 Å². The van der Waals surface area contributed by atoms with Gasteiger partial charge < -0.3 is 0 Å². The second-order valence-electron chi connectivity index (χ2n) is 1.08. The molecule has 1 aromatic rings. The van der Waals surface area contributed by atoms with Crippen molar-refractivity contribution in [2.24, 2.45) is 0 Å². The van der Waals surface area contributed by atoms with Crippen LogP contribution in [0.5, 0.6) is 0 Å².